The molecule has 10 aromatic rings. The quantitative estimate of drug-likeness (QED) is 0.165. The Labute approximate surface area is 379 Å². The fraction of sp³-hybridized carbons (Fsp3) is 0.164. The smallest absolute Gasteiger partial charge is 0.457 e. The van der Waals surface area contributed by atoms with Gasteiger partial charge in [-0.05, 0) is 102 Å². The fourth-order valence-corrected chi connectivity index (χ4v) is 11.3. The van der Waals surface area contributed by atoms with E-state index in [0.717, 1.165) is 56.5 Å². The molecule has 1 aliphatic heterocycles. The molecule has 11 rings (SSSR count). The summed E-state index contributed by atoms with van der Waals surface area (Å²) in [6.07, 6.45) is 0. The van der Waals surface area contributed by atoms with E-state index in [0.29, 0.717) is 0 Å². The number of pyridine rings is 2. The molecule has 0 fully saturated rings. The van der Waals surface area contributed by atoms with Crippen LogP contribution in [0.2, 0.25) is 0 Å². The second-order valence-electron chi connectivity index (χ2n) is 18.0. The average molecular weight is 1010 g/mol. The van der Waals surface area contributed by atoms with Gasteiger partial charge in [0.2, 0.25) is 0 Å². The molecule has 0 saturated heterocycles. The van der Waals surface area contributed by atoms with E-state index in [-0.39, 0.29) is 31.9 Å². The van der Waals surface area contributed by atoms with E-state index in [9.17, 15) is 0 Å². The molecule has 300 valence electrons. The molecule has 0 bridgehead atoms. The number of rotatable bonds is 4. The van der Waals surface area contributed by atoms with Gasteiger partial charge in [0.05, 0.1) is 11.4 Å². The molecule has 5 heterocycles. The molecule has 6 heteroatoms. The molecule has 61 heavy (non-hydrogen) atoms. The number of benzene rings is 6. The zero-order valence-electron chi connectivity index (χ0n) is 34.8. The van der Waals surface area contributed by atoms with Crippen LogP contribution in [0.3, 0.4) is 0 Å². The summed E-state index contributed by atoms with van der Waals surface area (Å²) in [6, 6.07) is 59.4. The zero-order chi connectivity index (χ0) is 41.0. The number of thiophene rings is 2. The second-order valence-corrected chi connectivity index (χ2v) is 20.1. The molecule has 4 aromatic heterocycles. The second kappa shape index (κ2) is 14.6. The Morgan fingerprint density at radius 3 is 1.38 bits per heavy atom. The van der Waals surface area contributed by atoms with Crippen LogP contribution in [0.5, 0.6) is 11.5 Å². The first-order valence-electron chi connectivity index (χ1n) is 20.6. The summed E-state index contributed by atoms with van der Waals surface area (Å²) in [5.74, 6) is 1.60. The Morgan fingerprint density at radius 2 is 0.934 bits per heavy atom. The van der Waals surface area contributed by atoms with Crippen molar-refractivity contribution >= 4 is 63.0 Å². The van der Waals surface area contributed by atoms with Crippen LogP contribution in [0.4, 0.5) is 0 Å². The van der Waals surface area contributed by atoms with Crippen molar-refractivity contribution in [3.05, 3.63) is 191 Å². The Bertz CT molecular complexity index is 3120. The fourth-order valence-electron chi connectivity index (χ4n) is 9.10. The monoisotopic (exact) mass is 1010 g/mol. The normalized spacial score (nSPS) is 13.5. The molecule has 3 nitrogen and oxygen atoms in total. The van der Waals surface area contributed by atoms with Crippen LogP contribution < -0.4 is 4.74 Å². The van der Waals surface area contributed by atoms with Gasteiger partial charge in [-0.1, -0.05) is 125 Å². The molecule has 0 aliphatic carbocycles. The third-order valence-electron chi connectivity index (χ3n) is 12.2. The number of hydrogen-bond acceptors (Lipinski definition) is 5. The predicted molar refractivity (Wildman–Crippen MR) is 252 cm³/mol. The third-order valence-corrected chi connectivity index (χ3v) is 14.4. The van der Waals surface area contributed by atoms with E-state index < -0.39 is 5.41 Å². The molecule has 0 radical (unpaired) electrons. The van der Waals surface area contributed by atoms with Crippen LogP contribution in [0.15, 0.2) is 146 Å². The van der Waals surface area contributed by atoms with Crippen molar-refractivity contribution in [3.63, 3.8) is 0 Å². The first kappa shape index (κ1) is 39.7. The number of aromatic nitrogens is 2. The summed E-state index contributed by atoms with van der Waals surface area (Å²) >= 11 is 3.63. The maximum absolute atomic E-state index is 6.97. The van der Waals surface area contributed by atoms with Crippen LogP contribution in [-0.4, -0.2) is 9.97 Å². The van der Waals surface area contributed by atoms with E-state index in [2.05, 4.69) is 187 Å². The minimum atomic E-state index is -0.979. The Kier molecular flexibility index (Phi) is 9.49. The Balaban J connectivity index is 0.00000445. The van der Waals surface area contributed by atoms with Gasteiger partial charge in [0.15, 0.2) is 0 Å². The minimum Gasteiger partial charge on any atom is -0.457 e. The van der Waals surface area contributed by atoms with Gasteiger partial charge in [0, 0.05) is 20.5 Å². The summed E-state index contributed by atoms with van der Waals surface area (Å²) < 4.78 is 11.9. The van der Waals surface area contributed by atoms with Crippen molar-refractivity contribution in [2.24, 2.45) is 0 Å². The first-order chi connectivity index (χ1) is 29.0. The van der Waals surface area contributed by atoms with Crippen LogP contribution in [0.1, 0.15) is 75.2 Å². The molecule has 1 aliphatic rings. The first-order valence-corrected chi connectivity index (χ1v) is 22.2. The van der Waals surface area contributed by atoms with E-state index in [1.807, 2.05) is 34.8 Å². The summed E-state index contributed by atoms with van der Waals surface area (Å²) in [7, 11) is 0. The number of ether oxygens (including phenoxy) is 1. The molecular weight excluding hydrogens is 964 g/mol. The van der Waals surface area contributed by atoms with E-state index in [4.69, 9.17) is 14.7 Å². The van der Waals surface area contributed by atoms with Gasteiger partial charge in [-0.2, -0.15) is 22.7 Å². The minimum absolute atomic E-state index is 0. The van der Waals surface area contributed by atoms with Gasteiger partial charge in [-0.25, -0.2) is 0 Å². The largest absolute Gasteiger partial charge is 2.00 e. The standard InChI is InChI=1S/C55H42N2OS2.Pt/c1-53(2,3)33-27-29-43-39(31-33)55(40-32-34(54(4,5)6)28-30-44(40)58-43,49-25-13-19-41(56-49)35-17-11-23-47-51(35)37-15-7-9-21-45(37)59-47)50-26-14-20-42(57-50)36-18-12-24-48-52(36)38-16-8-10-22-46(38)60-48;/h7-16,19-32H,1-6H3;/q-2;+2. The van der Waals surface area contributed by atoms with Gasteiger partial charge in [0.1, 0.15) is 16.9 Å². The molecule has 0 spiro atoms. The summed E-state index contributed by atoms with van der Waals surface area (Å²) in [4.78, 5) is 11.6. The number of hydrogen-bond donors (Lipinski definition) is 0. The van der Waals surface area contributed by atoms with Crippen molar-refractivity contribution in [2.45, 2.75) is 57.8 Å². The van der Waals surface area contributed by atoms with E-state index in [1.165, 1.54) is 51.5 Å². The van der Waals surface area contributed by atoms with Gasteiger partial charge in [-0.15, -0.1) is 47.5 Å². The van der Waals surface area contributed by atoms with Crippen molar-refractivity contribution < 1.29 is 25.8 Å². The van der Waals surface area contributed by atoms with Crippen LogP contribution in [0, 0.1) is 12.1 Å². The average Bonchev–Trinajstić information content (AvgIpc) is 3.83. The third kappa shape index (κ3) is 6.31. The molecule has 0 atom stereocenters. The van der Waals surface area contributed by atoms with Crippen molar-refractivity contribution in [3.8, 4) is 34.0 Å². The van der Waals surface area contributed by atoms with E-state index >= 15 is 0 Å². The van der Waals surface area contributed by atoms with Crippen molar-refractivity contribution in [1.29, 1.82) is 0 Å². The molecule has 0 amide bonds. The number of fused-ring (bicyclic) bond motifs is 8. The predicted octanol–water partition coefficient (Wildman–Crippen LogP) is 15.2. The molecular formula is C55H42N2OPtS2. The van der Waals surface area contributed by atoms with Gasteiger partial charge in [0.25, 0.3) is 0 Å². The van der Waals surface area contributed by atoms with Crippen LogP contribution in [-0.2, 0) is 37.3 Å². The topological polar surface area (TPSA) is 35.0 Å². The van der Waals surface area contributed by atoms with Gasteiger partial charge >= 0.3 is 21.1 Å². The Hall–Kier alpha value is -5.45. The van der Waals surface area contributed by atoms with Crippen LogP contribution >= 0.6 is 22.7 Å². The van der Waals surface area contributed by atoms with E-state index in [1.54, 1.807) is 0 Å². The SMILES string of the molecule is CC(C)(C)c1ccc2c(c1)C(c1cccc(-c3[c-]ccc4sc5ccccc5c34)n1)(c1cccc(-c3[c-]ccc4sc5ccccc5c34)n1)c1cc(C(C)(C)C)ccc1O2.[Pt+2]. The summed E-state index contributed by atoms with van der Waals surface area (Å²) in [5.41, 5.74) is 8.70. The molecule has 0 unspecified atom stereocenters. The van der Waals surface area contributed by atoms with Crippen molar-refractivity contribution in [2.75, 3.05) is 0 Å². The maximum Gasteiger partial charge on any atom is 2.00 e. The zero-order valence-corrected chi connectivity index (χ0v) is 38.7. The molecule has 0 N–H and O–H groups in total. The molecule has 0 saturated carbocycles. The maximum atomic E-state index is 6.97. The van der Waals surface area contributed by atoms with Crippen LogP contribution in [0.25, 0.3) is 62.9 Å². The molecule has 6 aromatic carbocycles. The van der Waals surface area contributed by atoms with Gasteiger partial charge in [-0.3, -0.25) is 9.97 Å². The summed E-state index contributed by atoms with van der Waals surface area (Å²) in [6.45, 7) is 13.6. The number of nitrogens with zero attached hydrogens (tertiary/aromatic N) is 2. The summed E-state index contributed by atoms with van der Waals surface area (Å²) in [5, 5.41) is 4.81. The Morgan fingerprint density at radius 1 is 0.492 bits per heavy atom. The van der Waals surface area contributed by atoms with Crippen molar-refractivity contribution in [1.82, 2.24) is 9.97 Å². The van der Waals surface area contributed by atoms with Gasteiger partial charge < -0.3 is 4.74 Å².